The number of phenolic OH excluding ortho intramolecular Hbond substituents is 1. The van der Waals surface area contributed by atoms with Crippen LogP contribution in [0.3, 0.4) is 0 Å². The van der Waals surface area contributed by atoms with Gasteiger partial charge in [-0.05, 0) is 30.5 Å². The van der Waals surface area contributed by atoms with Crippen LogP contribution < -0.4 is 0 Å². The molecule has 1 atom stereocenters. The minimum absolute atomic E-state index is 0.00315. The van der Waals surface area contributed by atoms with E-state index in [0.29, 0.717) is 5.56 Å². The SMILES string of the molecule is O=C1CC(=O)N(C2CC2)C1c1cccc(O)c1. The Hall–Kier alpha value is -1.84. The van der Waals surface area contributed by atoms with Crippen LogP contribution in [0, 0.1) is 0 Å². The molecule has 1 N–H and O–H groups in total. The second-order valence-electron chi connectivity index (χ2n) is 4.67. The van der Waals surface area contributed by atoms with E-state index in [0.717, 1.165) is 12.8 Å². The number of carbonyl (C=O) groups excluding carboxylic acids is 2. The fraction of sp³-hybridized carbons (Fsp3) is 0.385. The molecular formula is C13H13NO3. The van der Waals surface area contributed by atoms with Crippen LogP contribution >= 0.6 is 0 Å². The number of ketones is 1. The molecule has 4 nitrogen and oxygen atoms in total. The van der Waals surface area contributed by atoms with Crippen molar-refractivity contribution in [3.8, 4) is 5.75 Å². The molecule has 1 saturated heterocycles. The van der Waals surface area contributed by atoms with E-state index in [-0.39, 0.29) is 29.9 Å². The first kappa shape index (κ1) is 10.3. The summed E-state index contributed by atoms with van der Waals surface area (Å²) in [5, 5.41) is 9.45. The largest absolute Gasteiger partial charge is 0.508 e. The summed E-state index contributed by atoms with van der Waals surface area (Å²) >= 11 is 0. The van der Waals surface area contributed by atoms with Crippen LogP contribution in [0.4, 0.5) is 0 Å². The van der Waals surface area contributed by atoms with E-state index in [4.69, 9.17) is 0 Å². The van der Waals surface area contributed by atoms with Crippen LogP contribution in [-0.4, -0.2) is 27.7 Å². The van der Waals surface area contributed by atoms with Crippen LogP contribution in [0.25, 0.3) is 0 Å². The molecule has 88 valence electrons. The predicted octanol–water partition coefficient (Wildman–Crippen LogP) is 1.40. The maximum Gasteiger partial charge on any atom is 0.231 e. The molecule has 1 unspecified atom stereocenters. The van der Waals surface area contributed by atoms with E-state index in [9.17, 15) is 14.7 Å². The Labute approximate surface area is 98.9 Å². The van der Waals surface area contributed by atoms with E-state index in [2.05, 4.69) is 0 Å². The number of carbonyl (C=O) groups is 2. The van der Waals surface area contributed by atoms with Gasteiger partial charge in [-0.25, -0.2) is 0 Å². The second-order valence-corrected chi connectivity index (χ2v) is 4.67. The number of hydrogen-bond donors (Lipinski definition) is 1. The van der Waals surface area contributed by atoms with Gasteiger partial charge in [0.25, 0.3) is 0 Å². The number of likely N-dealkylation sites (tertiary alicyclic amines) is 1. The Bertz CT molecular complexity index is 493. The number of aromatic hydroxyl groups is 1. The lowest BCUT2D eigenvalue weighted by molar-refractivity contribution is -0.129. The average molecular weight is 231 g/mol. The highest BCUT2D eigenvalue weighted by molar-refractivity contribution is 6.08. The van der Waals surface area contributed by atoms with Gasteiger partial charge in [-0.2, -0.15) is 0 Å². The molecule has 0 aromatic heterocycles. The van der Waals surface area contributed by atoms with E-state index in [1.54, 1.807) is 29.2 Å². The van der Waals surface area contributed by atoms with Crippen LogP contribution in [0.1, 0.15) is 30.9 Å². The summed E-state index contributed by atoms with van der Waals surface area (Å²) < 4.78 is 0. The number of hydrogen-bond acceptors (Lipinski definition) is 3. The molecule has 17 heavy (non-hydrogen) atoms. The van der Waals surface area contributed by atoms with Crippen molar-refractivity contribution in [3.63, 3.8) is 0 Å². The highest BCUT2D eigenvalue weighted by atomic mass is 16.3. The fourth-order valence-corrected chi connectivity index (χ4v) is 2.44. The Morgan fingerprint density at radius 3 is 2.65 bits per heavy atom. The Kier molecular flexibility index (Phi) is 2.18. The third-order valence-electron chi connectivity index (χ3n) is 3.32. The van der Waals surface area contributed by atoms with Crippen molar-refractivity contribution in [2.75, 3.05) is 0 Å². The molecule has 0 spiro atoms. The number of phenols is 1. The molecule has 4 heteroatoms. The van der Waals surface area contributed by atoms with Crippen molar-refractivity contribution in [2.24, 2.45) is 0 Å². The number of amides is 1. The molecule has 1 aliphatic heterocycles. The molecule has 1 heterocycles. The summed E-state index contributed by atoms with van der Waals surface area (Å²) in [5.74, 6) is -0.0104. The van der Waals surface area contributed by atoms with Crippen molar-refractivity contribution in [2.45, 2.75) is 31.3 Å². The van der Waals surface area contributed by atoms with Gasteiger partial charge in [0.1, 0.15) is 11.8 Å². The summed E-state index contributed by atoms with van der Waals surface area (Å²) in [7, 11) is 0. The first-order valence-electron chi connectivity index (χ1n) is 5.79. The monoisotopic (exact) mass is 231 g/mol. The van der Waals surface area contributed by atoms with Crippen LogP contribution in [0.5, 0.6) is 5.75 Å². The quantitative estimate of drug-likeness (QED) is 0.783. The molecule has 3 rings (SSSR count). The first-order chi connectivity index (χ1) is 8.16. The molecule has 1 aromatic carbocycles. The molecule has 0 radical (unpaired) electrons. The van der Waals surface area contributed by atoms with Crippen LogP contribution in [0.15, 0.2) is 24.3 Å². The zero-order valence-electron chi connectivity index (χ0n) is 9.30. The normalized spacial score (nSPS) is 24.5. The third-order valence-corrected chi connectivity index (χ3v) is 3.32. The molecule has 0 bridgehead atoms. The smallest absolute Gasteiger partial charge is 0.231 e. The number of benzene rings is 1. The standard InChI is InChI=1S/C13H13NO3/c15-10-3-1-2-8(6-10)13-11(16)7-12(17)14(13)9-4-5-9/h1-3,6,9,13,15H,4-5,7H2. The van der Waals surface area contributed by atoms with Crippen LogP contribution in [0.2, 0.25) is 0 Å². The summed E-state index contributed by atoms with van der Waals surface area (Å²) in [6, 6.07) is 6.36. The minimum atomic E-state index is -0.484. The summed E-state index contributed by atoms with van der Waals surface area (Å²) in [6.07, 6.45) is 1.96. The summed E-state index contributed by atoms with van der Waals surface area (Å²) in [5.41, 5.74) is 0.716. The Balaban J connectivity index is 1.99. The first-order valence-corrected chi connectivity index (χ1v) is 5.79. The lowest BCUT2D eigenvalue weighted by Crippen LogP contribution is -2.31. The van der Waals surface area contributed by atoms with Gasteiger partial charge in [0.05, 0.1) is 6.42 Å². The van der Waals surface area contributed by atoms with Gasteiger partial charge in [-0.1, -0.05) is 12.1 Å². The van der Waals surface area contributed by atoms with Crippen molar-refractivity contribution in [1.29, 1.82) is 0 Å². The number of nitrogens with zero attached hydrogens (tertiary/aromatic N) is 1. The highest BCUT2D eigenvalue weighted by Gasteiger charge is 2.46. The minimum Gasteiger partial charge on any atom is -0.508 e. The Morgan fingerprint density at radius 2 is 2.00 bits per heavy atom. The topological polar surface area (TPSA) is 57.6 Å². The molecule has 1 amide bonds. The van der Waals surface area contributed by atoms with Gasteiger partial charge in [0.15, 0.2) is 5.78 Å². The molecule has 1 aromatic rings. The van der Waals surface area contributed by atoms with Gasteiger partial charge in [0.2, 0.25) is 5.91 Å². The van der Waals surface area contributed by atoms with Gasteiger partial charge in [-0.3, -0.25) is 9.59 Å². The van der Waals surface area contributed by atoms with Gasteiger partial charge in [0, 0.05) is 6.04 Å². The van der Waals surface area contributed by atoms with E-state index < -0.39 is 6.04 Å². The summed E-state index contributed by atoms with van der Waals surface area (Å²) in [4.78, 5) is 25.4. The lowest BCUT2D eigenvalue weighted by Gasteiger charge is -2.23. The van der Waals surface area contributed by atoms with Gasteiger partial charge in [-0.15, -0.1) is 0 Å². The van der Waals surface area contributed by atoms with Crippen LogP contribution in [-0.2, 0) is 9.59 Å². The van der Waals surface area contributed by atoms with Crippen molar-refractivity contribution < 1.29 is 14.7 Å². The zero-order valence-corrected chi connectivity index (χ0v) is 9.30. The third kappa shape index (κ3) is 1.69. The maximum atomic E-state index is 11.9. The number of rotatable bonds is 2. The van der Waals surface area contributed by atoms with Gasteiger partial charge < -0.3 is 10.0 Å². The fourth-order valence-electron chi connectivity index (χ4n) is 2.44. The van der Waals surface area contributed by atoms with Crippen molar-refractivity contribution >= 4 is 11.7 Å². The zero-order chi connectivity index (χ0) is 12.0. The highest BCUT2D eigenvalue weighted by Crippen LogP contribution is 2.40. The van der Waals surface area contributed by atoms with Crippen molar-refractivity contribution in [3.05, 3.63) is 29.8 Å². The molecular weight excluding hydrogens is 218 g/mol. The Morgan fingerprint density at radius 1 is 1.24 bits per heavy atom. The maximum absolute atomic E-state index is 11.9. The predicted molar refractivity (Wildman–Crippen MR) is 60.3 cm³/mol. The molecule has 2 aliphatic rings. The van der Waals surface area contributed by atoms with Gasteiger partial charge >= 0.3 is 0 Å². The molecule has 1 saturated carbocycles. The van der Waals surface area contributed by atoms with Crippen molar-refractivity contribution in [1.82, 2.24) is 4.90 Å². The van der Waals surface area contributed by atoms with E-state index in [1.807, 2.05) is 0 Å². The molecule has 2 fully saturated rings. The van der Waals surface area contributed by atoms with E-state index >= 15 is 0 Å². The molecule has 1 aliphatic carbocycles. The second kappa shape index (κ2) is 3.58. The average Bonchev–Trinajstić information content (AvgIpc) is 3.04. The lowest BCUT2D eigenvalue weighted by atomic mass is 10.0. The van der Waals surface area contributed by atoms with E-state index in [1.165, 1.54) is 0 Å². The summed E-state index contributed by atoms with van der Waals surface area (Å²) in [6.45, 7) is 0. The number of Topliss-reactive ketones (excluding diaryl/α,β-unsaturated/α-hetero) is 1.